The van der Waals surface area contributed by atoms with Crippen molar-refractivity contribution in [2.24, 2.45) is 0 Å². The van der Waals surface area contributed by atoms with Crippen LogP contribution < -0.4 is 5.73 Å². The van der Waals surface area contributed by atoms with Gasteiger partial charge in [0.2, 0.25) is 0 Å². The second-order valence-corrected chi connectivity index (χ2v) is 4.02. The van der Waals surface area contributed by atoms with Crippen LogP contribution in [0.15, 0.2) is 48.5 Å². The predicted molar refractivity (Wildman–Crippen MR) is 75.6 cm³/mol. The quantitative estimate of drug-likeness (QED) is 0.617. The number of benzene rings is 2. The summed E-state index contributed by atoms with van der Waals surface area (Å²) in [4.78, 5) is 0. The molecule has 17 heavy (non-hydrogen) atoms. The van der Waals surface area contributed by atoms with Gasteiger partial charge in [0.25, 0.3) is 0 Å². The zero-order chi connectivity index (χ0) is 12.1. The maximum absolute atomic E-state index is 6.11. The Kier molecular flexibility index (Phi) is 3.61. The van der Waals surface area contributed by atoms with Gasteiger partial charge in [-0.15, -0.1) is 0 Å². The molecule has 0 amide bonds. The molecular formula is C16H17N. The first-order valence-corrected chi connectivity index (χ1v) is 5.91. The minimum atomic E-state index is 0.891. The zero-order valence-electron chi connectivity index (χ0n) is 10.1. The van der Waals surface area contributed by atoms with Crippen LogP contribution in [-0.4, -0.2) is 0 Å². The van der Waals surface area contributed by atoms with E-state index in [1.165, 1.54) is 11.1 Å². The molecule has 0 radical (unpaired) electrons. The second kappa shape index (κ2) is 5.35. The molecule has 0 aromatic heterocycles. The lowest BCUT2D eigenvalue weighted by atomic mass is 10.0. The predicted octanol–water partition coefficient (Wildman–Crippen LogP) is 4.00. The first-order valence-electron chi connectivity index (χ1n) is 5.91. The number of hydrogen-bond acceptors (Lipinski definition) is 1. The number of nitrogens with two attached hydrogens (primary N) is 1. The van der Waals surface area contributed by atoms with Crippen molar-refractivity contribution < 1.29 is 0 Å². The van der Waals surface area contributed by atoms with Crippen LogP contribution in [0.5, 0.6) is 0 Å². The Hall–Kier alpha value is -2.02. The van der Waals surface area contributed by atoms with Gasteiger partial charge in [-0.25, -0.2) is 0 Å². The normalized spacial score (nSPS) is 10.9. The zero-order valence-corrected chi connectivity index (χ0v) is 10.1. The second-order valence-electron chi connectivity index (χ2n) is 4.02. The summed E-state index contributed by atoms with van der Waals surface area (Å²) in [7, 11) is 0. The number of hydrogen-bond donors (Lipinski definition) is 1. The Morgan fingerprint density at radius 1 is 0.941 bits per heavy atom. The van der Waals surface area contributed by atoms with E-state index in [0.717, 1.165) is 17.7 Å². The van der Waals surface area contributed by atoms with Crippen LogP contribution in [0.1, 0.15) is 23.6 Å². The summed E-state index contributed by atoms with van der Waals surface area (Å²) in [6, 6.07) is 16.4. The van der Waals surface area contributed by atoms with Gasteiger partial charge in [-0.3, -0.25) is 0 Å². The van der Waals surface area contributed by atoms with Gasteiger partial charge in [0.1, 0.15) is 0 Å². The van der Waals surface area contributed by atoms with Crippen LogP contribution in [-0.2, 0) is 6.42 Å². The molecule has 0 fully saturated rings. The van der Waals surface area contributed by atoms with E-state index < -0.39 is 0 Å². The van der Waals surface area contributed by atoms with Crippen LogP contribution in [0, 0.1) is 0 Å². The summed E-state index contributed by atoms with van der Waals surface area (Å²) in [5.74, 6) is 0. The molecule has 0 aliphatic rings. The maximum Gasteiger partial charge on any atom is 0.0420 e. The van der Waals surface area contributed by atoms with Crippen LogP contribution in [0.4, 0.5) is 5.69 Å². The summed E-state index contributed by atoms with van der Waals surface area (Å²) in [5.41, 5.74) is 10.5. The van der Waals surface area contributed by atoms with Crippen LogP contribution in [0.2, 0.25) is 0 Å². The molecule has 0 unspecified atom stereocenters. The van der Waals surface area contributed by atoms with Gasteiger partial charge in [0.15, 0.2) is 0 Å². The van der Waals surface area contributed by atoms with Crippen molar-refractivity contribution in [3.05, 3.63) is 65.2 Å². The van der Waals surface area contributed by atoms with Crippen molar-refractivity contribution in [1.29, 1.82) is 0 Å². The van der Waals surface area contributed by atoms with Gasteiger partial charge in [0, 0.05) is 5.69 Å². The molecule has 0 saturated carbocycles. The molecule has 0 aliphatic carbocycles. The molecule has 2 N–H and O–H groups in total. The Morgan fingerprint density at radius 2 is 1.71 bits per heavy atom. The highest BCUT2D eigenvalue weighted by molar-refractivity contribution is 5.77. The third kappa shape index (κ3) is 2.76. The number of rotatable bonds is 3. The number of nitrogen functional groups attached to an aromatic ring is 1. The van der Waals surface area contributed by atoms with E-state index in [0.29, 0.717) is 0 Å². The summed E-state index contributed by atoms with van der Waals surface area (Å²) in [5, 5.41) is 0. The van der Waals surface area contributed by atoms with E-state index in [1.54, 1.807) is 0 Å². The van der Waals surface area contributed by atoms with E-state index in [1.807, 2.05) is 24.3 Å². The fraction of sp³-hybridized carbons (Fsp3) is 0.125. The standard InChI is InChI=1S/C16H17N/c1-2-14-9-6-10-15(16(14)17)12-11-13-7-4-3-5-8-13/h3-12H,2,17H2,1H3. The van der Waals surface area contributed by atoms with Gasteiger partial charge in [0.05, 0.1) is 0 Å². The topological polar surface area (TPSA) is 26.0 Å². The molecule has 2 aromatic rings. The molecule has 86 valence electrons. The highest BCUT2D eigenvalue weighted by atomic mass is 14.6. The van der Waals surface area contributed by atoms with E-state index in [-0.39, 0.29) is 0 Å². The van der Waals surface area contributed by atoms with Crippen molar-refractivity contribution in [3.63, 3.8) is 0 Å². The van der Waals surface area contributed by atoms with Crippen molar-refractivity contribution in [3.8, 4) is 0 Å². The van der Waals surface area contributed by atoms with E-state index in [9.17, 15) is 0 Å². The van der Waals surface area contributed by atoms with Crippen LogP contribution >= 0.6 is 0 Å². The molecule has 2 aromatic carbocycles. The molecule has 1 nitrogen and oxygen atoms in total. The number of aryl methyl sites for hydroxylation is 1. The van der Waals surface area contributed by atoms with E-state index in [2.05, 4.69) is 43.3 Å². The maximum atomic E-state index is 6.11. The minimum absolute atomic E-state index is 0.891. The van der Waals surface area contributed by atoms with Crippen molar-refractivity contribution >= 4 is 17.8 Å². The van der Waals surface area contributed by atoms with Gasteiger partial charge in [-0.05, 0) is 23.1 Å². The Labute approximate surface area is 103 Å². The minimum Gasteiger partial charge on any atom is -0.398 e. The van der Waals surface area contributed by atoms with Gasteiger partial charge >= 0.3 is 0 Å². The van der Waals surface area contributed by atoms with Crippen molar-refractivity contribution in [1.82, 2.24) is 0 Å². The lowest BCUT2D eigenvalue weighted by Gasteiger charge is -2.05. The van der Waals surface area contributed by atoms with Crippen LogP contribution in [0.25, 0.3) is 12.2 Å². The largest absolute Gasteiger partial charge is 0.398 e. The smallest absolute Gasteiger partial charge is 0.0420 e. The van der Waals surface area contributed by atoms with Gasteiger partial charge in [-0.1, -0.05) is 67.6 Å². The summed E-state index contributed by atoms with van der Waals surface area (Å²) < 4.78 is 0. The van der Waals surface area contributed by atoms with E-state index in [4.69, 9.17) is 5.73 Å². The highest BCUT2D eigenvalue weighted by Crippen LogP contribution is 2.20. The molecule has 0 spiro atoms. The average Bonchev–Trinajstić information content (AvgIpc) is 2.39. The Balaban J connectivity index is 2.28. The lowest BCUT2D eigenvalue weighted by Crippen LogP contribution is -1.95. The average molecular weight is 223 g/mol. The summed E-state index contributed by atoms with van der Waals surface area (Å²) >= 11 is 0. The van der Waals surface area contributed by atoms with E-state index >= 15 is 0 Å². The lowest BCUT2D eigenvalue weighted by molar-refractivity contribution is 1.14. The molecule has 0 bridgehead atoms. The molecule has 0 atom stereocenters. The third-order valence-electron chi connectivity index (χ3n) is 2.87. The summed E-state index contributed by atoms with van der Waals surface area (Å²) in [6.45, 7) is 2.12. The number of para-hydroxylation sites is 1. The van der Waals surface area contributed by atoms with Crippen molar-refractivity contribution in [2.45, 2.75) is 13.3 Å². The van der Waals surface area contributed by atoms with Gasteiger partial charge < -0.3 is 5.73 Å². The third-order valence-corrected chi connectivity index (χ3v) is 2.87. The molecule has 0 saturated heterocycles. The van der Waals surface area contributed by atoms with Gasteiger partial charge in [-0.2, -0.15) is 0 Å². The fourth-order valence-electron chi connectivity index (χ4n) is 1.84. The molecule has 1 heteroatoms. The highest BCUT2D eigenvalue weighted by Gasteiger charge is 1.99. The summed E-state index contributed by atoms with van der Waals surface area (Å²) in [6.07, 6.45) is 5.13. The van der Waals surface area contributed by atoms with Crippen molar-refractivity contribution in [2.75, 3.05) is 5.73 Å². The Morgan fingerprint density at radius 3 is 2.41 bits per heavy atom. The van der Waals surface area contributed by atoms with Crippen LogP contribution in [0.3, 0.4) is 0 Å². The Bertz CT molecular complexity index is 512. The number of anilines is 1. The first-order chi connectivity index (χ1) is 8.31. The molecule has 0 heterocycles. The molecular weight excluding hydrogens is 206 g/mol. The molecule has 0 aliphatic heterocycles. The monoisotopic (exact) mass is 223 g/mol. The fourth-order valence-corrected chi connectivity index (χ4v) is 1.84. The SMILES string of the molecule is CCc1cccc(C=Cc2ccccc2)c1N. The first kappa shape index (κ1) is 11.5. The molecule has 2 rings (SSSR count).